The average Bonchev–Trinajstić information content (AvgIpc) is 3.56. The van der Waals surface area contributed by atoms with E-state index in [1.807, 2.05) is 62.7 Å². The third-order valence-electron chi connectivity index (χ3n) is 7.29. The summed E-state index contributed by atoms with van der Waals surface area (Å²) in [5.74, 6) is -0.449. The van der Waals surface area contributed by atoms with Crippen LogP contribution in [-0.2, 0) is 4.74 Å². The molecule has 0 saturated carbocycles. The minimum absolute atomic E-state index is 0.0728. The molecule has 0 radical (unpaired) electrons. The zero-order valence-electron chi connectivity index (χ0n) is 22.5. The van der Waals surface area contributed by atoms with Crippen molar-refractivity contribution in [2.75, 3.05) is 26.7 Å². The molecule has 2 saturated heterocycles. The highest BCUT2D eigenvalue weighted by Crippen LogP contribution is 2.36. The van der Waals surface area contributed by atoms with Crippen molar-refractivity contribution in [1.82, 2.24) is 24.5 Å². The van der Waals surface area contributed by atoms with Crippen LogP contribution < -0.4 is 5.32 Å². The van der Waals surface area contributed by atoms with Crippen molar-refractivity contribution in [2.24, 2.45) is 0 Å². The summed E-state index contributed by atoms with van der Waals surface area (Å²) in [5, 5.41) is 3.07. The van der Waals surface area contributed by atoms with Gasteiger partial charge in [0.2, 0.25) is 0 Å². The Labute approximate surface area is 230 Å². The van der Waals surface area contributed by atoms with Gasteiger partial charge in [0.05, 0.1) is 28.0 Å². The molecule has 0 aliphatic carbocycles. The second-order valence-electron chi connectivity index (χ2n) is 11.5. The van der Waals surface area contributed by atoms with Crippen LogP contribution in [0.1, 0.15) is 55.6 Å². The number of imidazole rings is 1. The second kappa shape index (κ2) is 9.60. The molecule has 4 aromatic rings. The van der Waals surface area contributed by atoms with E-state index in [1.54, 1.807) is 11.0 Å². The van der Waals surface area contributed by atoms with Crippen molar-refractivity contribution in [3.8, 4) is 11.3 Å². The number of likely N-dealkylation sites (tertiary alicyclic amines) is 2. The SMILES string of the molecule is CN1CC(NC(=O)c2ccc3c(c2)sc2nc(-c4ccc(C5CCCN5C(=O)OC(C)(C)C)cc4F)cn23)C1. The van der Waals surface area contributed by atoms with E-state index >= 15 is 4.39 Å². The lowest BCUT2D eigenvalue weighted by molar-refractivity contribution is 0.0224. The Morgan fingerprint density at radius 2 is 1.95 bits per heavy atom. The number of ether oxygens (including phenoxy) is 1. The normalized spacial score (nSPS) is 18.6. The van der Waals surface area contributed by atoms with Crippen LogP contribution in [0.3, 0.4) is 0 Å². The van der Waals surface area contributed by atoms with E-state index in [1.165, 1.54) is 17.4 Å². The van der Waals surface area contributed by atoms with Crippen LogP contribution in [0.5, 0.6) is 0 Å². The molecule has 2 aliphatic heterocycles. The summed E-state index contributed by atoms with van der Waals surface area (Å²) in [4.78, 5) is 34.6. The highest BCUT2D eigenvalue weighted by molar-refractivity contribution is 7.23. The van der Waals surface area contributed by atoms with E-state index in [0.717, 1.165) is 46.7 Å². The van der Waals surface area contributed by atoms with E-state index < -0.39 is 5.60 Å². The van der Waals surface area contributed by atoms with Gasteiger partial charge in [-0.1, -0.05) is 17.4 Å². The predicted octanol–water partition coefficient (Wildman–Crippen LogP) is 5.47. The number of rotatable bonds is 4. The summed E-state index contributed by atoms with van der Waals surface area (Å²) < 4.78 is 23.9. The number of carbonyl (C=O) groups excluding carboxylic acids is 2. The Morgan fingerprint density at radius 3 is 2.67 bits per heavy atom. The van der Waals surface area contributed by atoms with Crippen molar-refractivity contribution in [1.29, 1.82) is 0 Å². The number of aromatic nitrogens is 2. The zero-order chi connectivity index (χ0) is 27.5. The largest absolute Gasteiger partial charge is 0.444 e. The Hall–Kier alpha value is -3.50. The number of benzene rings is 2. The van der Waals surface area contributed by atoms with Crippen LogP contribution in [0, 0.1) is 5.82 Å². The Kier molecular flexibility index (Phi) is 6.34. The number of hydrogen-bond donors (Lipinski definition) is 1. The second-order valence-corrected chi connectivity index (χ2v) is 12.5. The highest BCUT2D eigenvalue weighted by Gasteiger charge is 2.33. The summed E-state index contributed by atoms with van der Waals surface area (Å²) >= 11 is 1.47. The van der Waals surface area contributed by atoms with Crippen LogP contribution in [0.2, 0.25) is 0 Å². The van der Waals surface area contributed by atoms with Crippen molar-refractivity contribution in [3.63, 3.8) is 0 Å². The minimum Gasteiger partial charge on any atom is -0.444 e. The lowest BCUT2D eigenvalue weighted by Crippen LogP contribution is -2.57. The third-order valence-corrected chi connectivity index (χ3v) is 8.31. The van der Waals surface area contributed by atoms with Crippen molar-refractivity contribution >= 4 is 38.5 Å². The molecule has 0 bridgehead atoms. The minimum atomic E-state index is -0.585. The first-order valence-electron chi connectivity index (χ1n) is 13.3. The predicted molar refractivity (Wildman–Crippen MR) is 150 cm³/mol. The molecule has 204 valence electrons. The number of amides is 2. The first-order valence-corrected chi connectivity index (χ1v) is 14.1. The first-order chi connectivity index (χ1) is 18.6. The van der Waals surface area contributed by atoms with E-state index in [2.05, 4.69) is 10.2 Å². The van der Waals surface area contributed by atoms with E-state index in [9.17, 15) is 9.59 Å². The fourth-order valence-electron chi connectivity index (χ4n) is 5.43. The monoisotopic (exact) mass is 549 g/mol. The maximum atomic E-state index is 15.4. The number of nitrogens with one attached hydrogen (secondary N) is 1. The van der Waals surface area contributed by atoms with Gasteiger partial charge in [-0.25, -0.2) is 14.2 Å². The van der Waals surface area contributed by atoms with Gasteiger partial charge in [0.15, 0.2) is 4.96 Å². The zero-order valence-corrected chi connectivity index (χ0v) is 23.3. The van der Waals surface area contributed by atoms with Crippen LogP contribution in [0.4, 0.5) is 9.18 Å². The highest BCUT2D eigenvalue weighted by atomic mass is 32.1. The maximum Gasteiger partial charge on any atom is 0.410 e. The molecule has 10 heteroatoms. The number of hydrogen-bond acceptors (Lipinski definition) is 6. The Balaban J connectivity index is 1.22. The molecule has 4 heterocycles. The first kappa shape index (κ1) is 25.8. The van der Waals surface area contributed by atoms with Crippen LogP contribution >= 0.6 is 11.3 Å². The van der Waals surface area contributed by atoms with Gasteiger partial charge in [-0.05, 0) is 76.6 Å². The van der Waals surface area contributed by atoms with Crippen LogP contribution in [0.15, 0.2) is 42.6 Å². The molecule has 6 rings (SSSR count). The third kappa shape index (κ3) is 4.98. The molecule has 2 amide bonds. The molecular formula is C29H32FN5O3S. The molecule has 1 atom stereocenters. The van der Waals surface area contributed by atoms with Crippen molar-refractivity contribution in [2.45, 2.75) is 51.3 Å². The van der Waals surface area contributed by atoms with Gasteiger partial charge in [0.25, 0.3) is 5.91 Å². The van der Waals surface area contributed by atoms with Gasteiger partial charge < -0.3 is 19.9 Å². The molecule has 0 spiro atoms. The molecule has 2 aromatic heterocycles. The lowest BCUT2D eigenvalue weighted by Gasteiger charge is -2.36. The number of likely N-dealkylation sites (N-methyl/N-ethyl adjacent to an activating group) is 1. The summed E-state index contributed by atoms with van der Waals surface area (Å²) in [5.41, 5.74) is 2.66. The fraction of sp³-hybridized carbons (Fsp3) is 0.414. The smallest absolute Gasteiger partial charge is 0.410 e. The van der Waals surface area contributed by atoms with E-state index in [4.69, 9.17) is 9.72 Å². The van der Waals surface area contributed by atoms with Crippen LogP contribution in [0.25, 0.3) is 26.4 Å². The number of fused-ring (bicyclic) bond motifs is 3. The quantitative estimate of drug-likeness (QED) is 0.365. The summed E-state index contributed by atoms with van der Waals surface area (Å²) in [6.45, 7) is 7.85. The maximum absolute atomic E-state index is 15.4. The summed E-state index contributed by atoms with van der Waals surface area (Å²) in [7, 11) is 2.03. The van der Waals surface area contributed by atoms with Gasteiger partial charge in [-0.15, -0.1) is 0 Å². The number of carbonyl (C=O) groups is 2. The number of thiazole rings is 1. The van der Waals surface area contributed by atoms with Crippen molar-refractivity contribution < 1.29 is 18.7 Å². The van der Waals surface area contributed by atoms with E-state index in [-0.39, 0.29) is 29.9 Å². The Bertz CT molecular complexity index is 1580. The number of halogens is 1. The molecular weight excluding hydrogens is 517 g/mol. The van der Waals surface area contributed by atoms with Crippen LogP contribution in [-0.4, -0.2) is 69.5 Å². The molecule has 2 aliphatic rings. The van der Waals surface area contributed by atoms with Gasteiger partial charge >= 0.3 is 6.09 Å². The van der Waals surface area contributed by atoms with Gasteiger partial charge in [0.1, 0.15) is 11.4 Å². The molecule has 2 aromatic carbocycles. The van der Waals surface area contributed by atoms with E-state index in [0.29, 0.717) is 23.4 Å². The molecule has 2 fully saturated rings. The summed E-state index contributed by atoms with van der Waals surface area (Å²) in [6, 6.07) is 10.7. The Morgan fingerprint density at radius 1 is 1.15 bits per heavy atom. The lowest BCUT2D eigenvalue weighted by atomic mass is 10.0. The topological polar surface area (TPSA) is 79.2 Å². The van der Waals surface area contributed by atoms with Gasteiger partial charge in [-0.3, -0.25) is 9.20 Å². The average molecular weight is 550 g/mol. The molecule has 39 heavy (non-hydrogen) atoms. The van der Waals surface area contributed by atoms with Crippen molar-refractivity contribution in [3.05, 3.63) is 59.5 Å². The molecule has 8 nitrogen and oxygen atoms in total. The molecule has 1 N–H and O–H groups in total. The summed E-state index contributed by atoms with van der Waals surface area (Å²) in [6.07, 6.45) is 3.08. The number of nitrogens with zero attached hydrogens (tertiary/aromatic N) is 4. The standard InChI is InChI=1S/C29H32FN5O3S/c1-29(2,3)38-28(37)34-11-5-6-23(34)17-7-9-20(21(30)12-17)22-16-35-24-10-8-18(13-25(24)39-27(35)32-22)26(36)31-19-14-33(4)15-19/h7-10,12-13,16,19,23H,5-6,11,14-15H2,1-4H3,(H,31,36). The van der Waals surface area contributed by atoms with Gasteiger partial charge in [0, 0.05) is 37.0 Å². The fourth-order valence-corrected chi connectivity index (χ4v) is 6.48. The molecule has 1 unspecified atom stereocenters. The van der Waals surface area contributed by atoms with Gasteiger partial charge in [-0.2, -0.15) is 0 Å².